The van der Waals surface area contributed by atoms with Crippen LogP contribution in [0.15, 0.2) is 88.3 Å². The first-order valence-corrected chi connectivity index (χ1v) is 12.2. The van der Waals surface area contributed by atoms with Crippen LogP contribution in [0.1, 0.15) is 33.1 Å². The SMILES string of the molecule is CC/C=C(/Nc1cccc(NSc2ccc(-c3noc(-c4cnccn4)n3)cc2)c1)C1(C)CC1. The molecule has 0 bridgehead atoms. The van der Waals surface area contributed by atoms with Crippen LogP contribution in [0.2, 0.25) is 0 Å². The number of aromatic nitrogens is 4. The summed E-state index contributed by atoms with van der Waals surface area (Å²) in [5.74, 6) is 0.869. The Kier molecular flexibility index (Phi) is 6.31. The Morgan fingerprint density at radius 3 is 2.68 bits per heavy atom. The predicted molar refractivity (Wildman–Crippen MR) is 136 cm³/mol. The van der Waals surface area contributed by atoms with Gasteiger partial charge in [0.1, 0.15) is 5.69 Å². The molecule has 5 rings (SSSR count). The van der Waals surface area contributed by atoms with Crippen LogP contribution in [-0.2, 0) is 0 Å². The zero-order valence-corrected chi connectivity index (χ0v) is 20.0. The molecule has 2 N–H and O–H groups in total. The van der Waals surface area contributed by atoms with Gasteiger partial charge in [-0.05, 0) is 73.7 Å². The van der Waals surface area contributed by atoms with Crippen molar-refractivity contribution in [3.8, 4) is 23.0 Å². The summed E-state index contributed by atoms with van der Waals surface area (Å²) in [6.45, 7) is 4.51. The standard InChI is InChI=1S/C26H26N6OS/c1-3-5-23(26(2)12-13-26)29-19-6-4-7-20(16-19)32-34-21-10-8-18(9-11-21)24-30-25(33-31-24)22-17-27-14-15-28-22/h4-11,14-17,29,32H,3,12-13H2,1-2H3/b23-5+. The molecule has 2 aromatic carbocycles. The summed E-state index contributed by atoms with van der Waals surface area (Å²) in [4.78, 5) is 13.7. The Labute approximate surface area is 203 Å². The van der Waals surface area contributed by atoms with Crippen LogP contribution in [0.25, 0.3) is 23.0 Å². The maximum absolute atomic E-state index is 5.33. The molecule has 172 valence electrons. The first-order valence-electron chi connectivity index (χ1n) is 11.3. The van der Waals surface area contributed by atoms with E-state index in [1.54, 1.807) is 30.5 Å². The molecule has 0 unspecified atom stereocenters. The quantitative estimate of drug-likeness (QED) is 0.258. The van der Waals surface area contributed by atoms with E-state index in [0.717, 1.165) is 28.3 Å². The van der Waals surface area contributed by atoms with Crippen molar-refractivity contribution in [3.63, 3.8) is 0 Å². The molecule has 1 aliphatic rings. The predicted octanol–water partition coefficient (Wildman–Crippen LogP) is 6.82. The third-order valence-electron chi connectivity index (χ3n) is 5.81. The number of nitrogens with zero attached hydrogens (tertiary/aromatic N) is 4. The van der Waals surface area contributed by atoms with Crippen LogP contribution >= 0.6 is 11.9 Å². The molecule has 0 atom stereocenters. The van der Waals surface area contributed by atoms with Gasteiger partial charge in [0.25, 0.3) is 5.89 Å². The van der Waals surface area contributed by atoms with E-state index in [-0.39, 0.29) is 0 Å². The molecule has 0 spiro atoms. The number of anilines is 2. The summed E-state index contributed by atoms with van der Waals surface area (Å²) in [5.41, 5.74) is 5.21. The fraction of sp³-hybridized carbons (Fsp3) is 0.231. The lowest BCUT2D eigenvalue weighted by Crippen LogP contribution is -2.09. The van der Waals surface area contributed by atoms with Gasteiger partial charge in [-0.3, -0.25) is 4.98 Å². The highest BCUT2D eigenvalue weighted by atomic mass is 32.2. The molecule has 8 heteroatoms. The normalized spacial score (nSPS) is 14.6. The maximum Gasteiger partial charge on any atom is 0.278 e. The van der Waals surface area contributed by atoms with Crippen molar-refractivity contribution in [2.45, 2.75) is 38.0 Å². The fourth-order valence-electron chi connectivity index (χ4n) is 3.57. The van der Waals surface area contributed by atoms with Gasteiger partial charge in [0.05, 0.1) is 6.20 Å². The molecule has 7 nitrogen and oxygen atoms in total. The molecule has 0 saturated heterocycles. The number of hydrogen-bond acceptors (Lipinski definition) is 8. The largest absolute Gasteiger partial charge is 0.359 e. The molecule has 0 radical (unpaired) electrons. The second-order valence-electron chi connectivity index (χ2n) is 8.53. The van der Waals surface area contributed by atoms with Crippen molar-refractivity contribution < 1.29 is 4.52 Å². The summed E-state index contributed by atoms with van der Waals surface area (Å²) in [6, 6.07) is 16.4. The highest BCUT2D eigenvalue weighted by Crippen LogP contribution is 2.51. The Morgan fingerprint density at radius 2 is 1.94 bits per heavy atom. The first-order chi connectivity index (χ1) is 16.6. The van der Waals surface area contributed by atoms with Crippen molar-refractivity contribution in [2.24, 2.45) is 5.41 Å². The minimum Gasteiger partial charge on any atom is -0.359 e. The lowest BCUT2D eigenvalue weighted by Gasteiger charge is -2.18. The van der Waals surface area contributed by atoms with Crippen molar-refractivity contribution in [1.82, 2.24) is 20.1 Å². The molecule has 1 saturated carbocycles. The molecule has 2 aromatic heterocycles. The Balaban J connectivity index is 1.21. The van der Waals surface area contributed by atoms with E-state index in [1.807, 2.05) is 24.3 Å². The van der Waals surface area contributed by atoms with Crippen LogP contribution < -0.4 is 10.0 Å². The Hall–Kier alpha value is -3.65. The van der Waals surface area contributed by atoms with Gasteiger partial charge in [0.15, 0.2) is 0 Å². The molecule has 2 heterocycles. The van der Waals surface area contributed by atoms with Crippen LogP contribution in [0.4, 0.5) is 11.4 Å². The summed E-state index contributed by atoms with van der Waals surface area (Å²) in [5, 5.41) is 7.71. The highest BCUT2D eigenvalue weighted by molar-refractivity contribution is 8.00. The van der Waals surface area contributed by atoms with Gasteiger partial charge in [-0.1, -0.05) is 31.1 Å². The van der Waals surface area contributed by atoms with Crippen LogP contribution in [-0.4, -0.2) is 20.1 Å². The van der Waals surface area contributed by atoms with Crippen LogP contribution in [0.3, 0.4) is 0 Å². The van der Waals surface area contributed by atoms with Crippen LogP contribution in [0.5, 0.6) is 0 Å². The second kappa shape index (κ2) is 9.69. The molecule has 0 aliphatic heterocycles. The minimum absolute atomic E-state index is 0.309. The number of benzene rings is 2. The molecular formula is C26H26N6OS. The third kappa shape index (κ3) is 5.12. The lowest BCUT2D eigenvalue weighted by molar-refractivity contribution is 0.431. The molecule has 1 fully saturated rings. The van der Waals surface area contributed by atoms with Crippen molar-refractivity contribution in [1.29, 1.82) is 0 Å². The van der Waals surface area contributed by atoms with Gasteiger partial charge < -0.3 is 14.6 Å². The van der Waals surface area contributed by atoms with Crippen molar-refractivity contribution in [3.05, 3.63) is 78.9 Å². The van der Waals surface area contributed by atoms with Gasteiger partial charge in [0, 0.05) is 45.3 Å². The van der Waals surface area contributed by atoms with Crippen LogP contribution in [0, 0.1) is 5.41 Å². The maximum atomic E-state index is 5.33. The zero-order valence-electron chi connectivity index (χ0n) is 19.2. The topological polar surface area (TPSA) is 88.8 Å². The molecule has 34 heavy (non-hydrogen) atoms. The number of hydrogen-bond donors (Lipinski definition) is 2. The van der Waals surface area contributed by atoms with Gasteiger partial charge in [-0.25, -0.2) is 4.98 Å². The number of nitrogens with one attached hydrogen (secondary N) is 2. The first kappa shape index (κ1) is 22.2. The minimum atomic E-state index is 0.309. The third-order valence-corrected chi connectivity index (χ3v) is 6.65. The summed E-state index contributed by atoms with van der Waals surface area (Å²) < 4.78 is 8.77. The zero-order chi connectivity index (χ0) is 23.4. The average Bonchev–Trinajstić information content (AvgIpc) is 3.43. The Bertz CT molecular complexity index is 1280. The molecule has 4 aromatic rings. The monoisotopic (exact) mass is 470 g/mol. The summed E-state index contributed by atoms with van der Waals surface area (Å²) in [7, 11) is 0. The molecule has 0 amide bonds. The van der Waals surface area contributed by atoms with E-state index in [4.69, 9.17) is 4.52 Å². The van der Waals surface area contributed by atoms with Gasteiger partial charge in [-0.15, -0.1) is 0 Å². The van der Waals surface area contributed by atoms with Gasteiger partial charge >= 0.3 is 0 Å². The van der Waals surface area contributed by atoms with E-state index >= 15 is 0 Å². The second-order valence-corrected chi connectivity index (χ2v) is 9.41. The molecule has 1 aliphatic carbocycles. The van der Waals surface area contributed by atoms with Gasteiger partial charge in [0.2, 0.25) is 5.82 Å². The number of rotatable bonds is 9. The van der Waals surface area contributed by atoms with E-state index < -0.39 is 0 Å². The molecular weight excluding hydrogens is 444 g/mol. The summed E-state index contributed by atoms with van der Waals surface area (Å²) in [6.07, 6.45) is 10.6. The Morgan fingerprint density at radius 1 is 1.12 bits per heavy atom. The van der Waals surface area contributed by atoms with E-state index in [9.17, 15) is 0 Å². The smallest absolute Gasteiger partial charge is 0.278 e. The number of allylic oxidation sites excluding steroid dienone is 2. The van der Waals surface area contributed by atoms with Crippen molar-refractivity contribution >= 4 is 23.3 Å². The van der Waals surface area contributed by atoms with Crippen molar-refractivity contribution in [2.75, 3.05) is 10.0 Å². The average molecular weight is 471 g/mol. The highest BCUT2D eigenvalue weighted by Gasteiger charge is 2.41. The van der Waals surface area contributed by atoms with Gasteiger partial charge in [-0.2, -0.15) is 4.98 Å². The lowest BCUT2D eigenvalue weighted by atomic mass is 10.0. The summed E-state index contributed by atoms with van der Waals surface area (Å²) >= 11 is 1.56. The van der Waals surface area contributed by atoms with E-state index in [2.05, 4.69) is 74.3 Å². The fourth-order valence-corrected chi connectivity index (χ4v) is 4.20. The van der Waals surface area contributed by atoms with E-state index in [0.29, 0.717) is 22.8 Å². The van der Waals surface area contributed by atoms with E-state index in [1.165, 1.54) is 18.5 Å².